The molecular weight excluding hydrogens is 340 g/mol. The van der Waals surface area contributed by atoms with Crippen LogP contribution in [0.15, 0.2) is 28.1 Å². The molecule has 0 radical (unpaired) electrons. The number of amides is 2. The Bertz CT molecular complexity index is 667. The summed E-state index contributed by atoms with van der Waals surface area (Å²) in [5, 5.41) is 5.85. The van der Waals surface area contributed by atoms with Crippen molar-refractivity contribution in [2.75, 3.05) is 39.9 Å². The van der Waals surface area contributed by atoms with E-state index in [9.17, 15) is 4.79 Å². The number of urea groups is 1. The van der Waals surface area contributed by atoms with Crippen molar-refractivity contribution in [3.63, 3.8) is 0 Å². The summed E-state index contributed by atoms with van der Waals surface area (Å²) in [6, 6.07) is 3.84. The molecule has 1 fully saturated rings. The van der Waals surface area contributed by atoms with Crippen LogP contribution in [0, 0.1) is 6.92 Å². The summed E-state index contributed by atoms with van der Waals surface area (Å²) in [7, 11) is 1.78. The fourth-order valence-electron chi connectivity index (χ4n) is 2.86. The Morgan fingerprint density at radius 3 is 2.88 bits per heavy atom. The second-order valence-electron chi connectivity index (χ2n) is 6.08. The molecule has 0 unspecified atom stereocenters. The van der Waals surface area contributed by atoms with E-state index in [0.29, 0.717) is 26.3 Å². The zero-order valence-corrected chi connectivity index (χ0v) is 15.4. The number of morpholine rings is 1. The van der Waals surface area contributed by atoms with Gasteiger partial charge in [0.1, 0.15) is 16.5 Å². The van der Waals surface area contributed by atoms with Crippen molar-refractivity contribution in [3.05, 3.63) is 40.2 Å². The van der Waals surface area contributed by atoms with Gasteiger partial charge in [0, 0.05) is 38.3 Å². The van der Waals surface area contributed by atoms with Crippen molar-refractivity contribution in [3.8, 4) is 0 Å². The maximum Gasteiger partial charge on any atom is 0.317 e. The lowest BCUT2D eigenvalue weighted by Crippen LogP contribution is -2.45. The van der Waals surface area contributed by atoms with Gasteiger partial charge in [-0.25, -0.2) is 9.78 Å². The zero-order chi connectivity index (χ0) is 17.6. The van der Waals surface area contributed by atoms with Gasteiger partial charge in [-0.3, -0.25) is 4.90 Å². The van der Waals surface area contributed by atoms with E-state index in [1.165, 1.54) is 0 Å². The van der Waals surface area contributed by atoms with Crippen LogP contribution in [-0.4, -0.2) is 60.7 Å². The Hall–Kier alpha value is -1.90. The van der Waals surface area contributed by atoms with Crippen molar-refractivity contribution < 1.29 is 13.9 Å². The lowest BCUT2D eigenvalue weighted by Gasteiger charge is -2.33. The van der Waals surface area contributed by atoms with E-state index in [2.05, 4.69) is 15.2 Å². The van der Waals surface area contributed by atoms with E-state index in [-0.39, 0.29) is 12.1 Å². The van der Waals surface area contributed by atoms with E-state index >= 15 is 0 Å². The first-order chi connectivity index (χ1) is 12.1. The quantitative estimate of drug-likeness (QED) is 0.851. The minimum absolute atomic E-state index is 0.00909. The minimum Gasteiger partial charge on any atom is -0.465 e. The van der Waals surface area contributed by atoms with Crippen LogP contribution in [0.4, 0.5) is 4.79 Å². The van der Waals surface area contributed by atoms with Crippen LogP contribution < -0.4 is 5.32 Å². The van der Waals surface area contributed by atoms with Gasteiger partial charge in [0.15, 0.2) is 0 Å². The number of thiazole rings is 1. The third-order valence-electron chi connectivity index (χ3n) is 4.23. The first-order valence-corrected chi connectivity index (χ1v) is 9.27. The molecule has 8 heteroatoms. The standard InChI is InChI=1S/C17H24N4O3S/c1-13-3-4-15(24-13)14(21-6-8-23-9-7-21)11-19-17(22)20(2)12-16-18-5-10-25-16/h3-5,10,14H,6-9,11-12H2,1-2H3,(H,19,22)/t14-/m0/s1. The Morgan fingerprint density at radius 1 is 1.44 bits per heavy atom. The number of ether oxygens (including phenoxy) is 1. The normalized spacial score (nSPS) is 16.6. The summed E-state index contributed by atoms with van der Waals surface area (Å²) in [6.45, 7) is 5.99. The number of carbonyl (C=O) groups is 1. The molecule has 1 aliphatic rings. The van der Waals surface area contributed by atoms with Gasteiger partial charge in [0.2, 0.25) is 0 Å². The number of rotatable bonds is 6. The van der Waals surface area contributed by atoms with Crippen LogP contribution in [0.5, 0.6) is 0 Å². The number of nitrogens with zero attached hydrogens (tertiary/aromatic N) is 3. The van der Waals surface area contributed by atoms with Crippen LogP contribution in [0.1, 0.15) is 22.6 Å². The van der Waals surface area contributed by atoms with Crippen LogP contribution in [0.3, 0.4) is 0 Å². The summed E-state index contributed by atoms with van der Waals surface area (Å²) in [5.41, 5.74) is 0. The maximum atomic E-state index is 12.4. The van der Waals surface area contributed by atoms with E-state index in [4.69, 9.17) is 9.15 Å². The molecule has 0 aliphatic carbocycles. The molecular formula is C17H24N4O3S. The molecule has 1 atom stereocenters. The summed E-state index contributed by atoms with van der Waals surface area (Å²) >= 11 is 1.55. The lowest BCUT2D eigenvalue weighted by atomic mass is 10.1. The minimum atomic E-state index is -0.114. The first kappa shape index (κ1) is 17.9. The molecule has 25 heavy (non-hydrogen) atoms. The van der Waals surface area contributed by atoms with E-state index in [0.717, 1.165) is 29.6 Å². The zero-order valence-electron chi connectivity index (χ0n) is 14.6. The first-order valence-electron chi connectivity index (χ1n) is 8.39. The number of hydrogen-bond donors (Lipinski definition) is 1. The third-order valence-corrected chi connectivity index (χ3v) is 4.99. The molecule has 2 aromatic rings. The van der Waals surface area contributed by atoms with Gasteiger partial charge in [-0.05, 0) is 19.1 Å². The summed E-state index contributed by atoms with van der Waals surface area (Å²) in [5.74, 6) is 1.75. The third kappa shape index (κ3) is 4.81. The number of carbonyl (C=O) groups excluding carboxylic acids is 1. The van der Waals surface area contributed by atoms with Crippen LogP contribution >= 0.6 is 11.3 Å². The topological polar surface area (TPSA) is 70.8 Å². The lowest BCUT2D eigenvalue weighted by molar-refractivity contribution is 0.0119. The number of nitrogens with one attached hydrogen (secondary N) is 1. The Balaban J connectivity index is 1.60. The molecule has 136 valence electrons. The predicted molar refractivity (Wildman–Crippen MR) is 95.6 cm³/mol. The molecule has 0 saturated carbocycles. The molecule has 2 amide bonds. The van der Waals surface area contributed by atoms with Gasteiger partial charge >= 0.3 is 6.03 Å². The highest BCUT2D eigenvalue weighted by Crippen LogP contribution is 2.23. The van der Waals surface area contributed by atoms with E-state index < -0.39 is 0 Å². The monoisotopic (exact) mass is 364 g/mol. The maximum absolute atomic E-state index is 12.4. The molecule has 1 N–H and O–H groups in total. The SMILES string of the molecule is Cc1ccc([C@H](CNC(=O)N(C)Cc2nccs2)N2CCOCC2)o1. The second-order valence-corrected chi connectivity index (χ2v) is 7.06. The highest BCUT2D eigenvalue weighted by atomic mass is 32.1. The molecule has 0 spiro atoms. The molecule has 0 bridgehead atoms. The smallest absolute Gasteiger partial charge is 0.317 e. The van der Waals surface area contributed by atoms with Gasteiger partial charge < -0.3 is 19.4 Å². The highest BCUT2D eigenvalue weighted by molar-refractivity contribution is 7.09. The predicted octanol–water partition coefficient (Wildman–Crippen LogP) is 2.26. The summed E-state index contributed by atoms with van der Waals surface area (Å²) in [6.07, 6.45) is 1.75. The van der Waals surface area contributed by atoms with Gasteiger partial charge in [-0.15, -0.1) is 11.3 Å². The highest BCUT2D eigenvalue weighted by Gasteiger charge is 2.26. The largest absolute Gasteiger partial charge is 0.465 e. The molecule has 2 aromatic heterocycles. The number of aromatic nitrogens is 1. The number of furan rings is 1. The number of hydrogen-bond acceptors (Lipinski definition) is 6. The second kappa shape index (κ2) is 8.46. The van der Waals surface area contributed by atoms with Gasteiger partial charge in [0.25, 0.3) is 0 Å². The Morgan fingerprint density at radius 2 is 2.24 bits per heavy atom. The van der Waals surface area contributed by atoms with Crippen molar-refractivity contribution in [1.29, 1.82) is 0 Å². The van der Waals surface area contributed by atoms with Gasteiger partial charge in [0.05, 0.1) is 25.8 Å². The van der Waals surface area contributed by atoms with E-state index in [1.54, 1.807) is 29.5 Å². The molecule has 1 saturated heterocycles. The van der Waals surface area contributed by atoms with Crippen molar-refractivity contribution >= 4 is 17.4 Å². The summed E-state index contributed by atoms with van der Waals surface area (Å²) < 4.78 is 11.3. The van der Waals surface area contributed by atoms with Crippen molar-refractivity contribution in [2.24, 2.45) is 0 Å². The molecule has 1 aliphatic heterocycles. The average Bonchev–Trinajstić information content (AvgIpc) is 3.28. The van der Waals surface area contributed by atoms with Crippen molar-refractivity contribution in [2.45, 2.75) is 19.5 Å². The van der Waals surface area contributed by atoms with Gasteiger partial charge in [-0.1, -0.05) is 0 Å². The van der Waals surface area contributed by atoms with Crippen LogP contribution in [-0.2, 0) is 11.3 Å². The molecule has 3 rings (SSSR count). The fourth-order valence-corrected chi connectivity index (χ4v) is 3.52. The molecule has 0 aromatic carbocycles. The Labute approximate surface area is 151 Å². The molecule has 7 nitrogen and oxygen atoms in total. The number of aryl methyl sites for hydroxylation is 1. The average molecular weight is 364 g/mol. The van der Waals surface area contributed by atoms with Crippen LogP contribution in [0.2, 0.25) is 0 Å². The van der Waals surface area contributed by atoms with E-state index in [1.807, 2.05) is 24.4 Å². The van der Waals surface area contributed by atoms with Crippen LogP contribution in [0.25, 0.3) is 0 Å². The fraction of sp³-hybridized carbons (Fsp3) is 0.529. The Kier molecular flexibility index (Phi) is 6.06. The van der Waals surface area contributed by atoms with Crippen molar-refractivity contribution in [1.82, 2.24) is 20.1 Å². The van der Waals surface area contributed by atoms with Gasteiger partial charge in [-0.2, -0.15) is 0 Å². The summed E-state index contributed by atoms with van der Waals surface area (Å²) in [4.78, 5) is 20.6. The molecule has 3 heterocycles.